The highest BCUT2D eigenvalue weighted by Crippen LogP contribution is 2.22. The van der Waals surface area contributed by atoms with Gasteiger partial charge in [0.25, 0.3) is 0 Å². The summed E-state index contributed by atoms with van der Waals surface area (Å²) in [6, 6.07) is 15.5. The van der Waals surface area contributed by atoms with Crippen molar-refractivity contribution in [2.24, 2.45) is 0 Å². The molecule has 0 unspecified atom stereocenters. The molecule has 0 aliphatic rings. The fourth-order valence-electron chi connectivity index (χ4n) is 2.74. The molecule has 0 radical (unpaired) electrons. The summed E-state index contributed by atoms with van der Waals surface area (Å²) in [5.41, 5.74) is 1.15. The summed E-state index contributed by atoms with van der Waals surface area (Å²) in [5.74, 6) is -0.0274. The number of esters is 1. The number of hydrogen-bond acceptors (Lipinski definition) is 7. The van der Waals surface area contributed by atoms with Crippen LogP contribution in [0.15, 0.2) is 70.8 Å². The van der Waals surface area contributed by atoms with Crippen molar-refractivity contribution in [3.8, 4) is 11.4 Å². The number of nitrogens with zero attached hydrogens (tertiary/aromatic N) is 3. The second-order valence-electron chi connectivity index (χ2n) is 6.54. The smallest absolute Gasteiger partial charge is 0.357 e. The molecule has 0 fully saturated rings. The van der Waals surface area contributed by atoms with Crippen LogP contribution in [0, 0.1) is 0 Å². The minimum Gasteiger partial charge on any atom is -0.490 e. The highest BCUT2D eigenvalue weighted by atomic mass is 32.2. The molecule has 0 bridgehead atoms. The molecule has 1 aromatic heterocycles. The van der Waals surface area contributed by atoms with Gasteiger partial charge in [-0.05, 0) is 42.7 Å². The fraction of sp³-hybridized carbons (Fsp3) is 0.238. The zero-order chi connectivity index (χ0) is 22.4. The van der Waals surface area contributed by atoms with Gasteiger partial charge in [0.2, 0.25) is 10.0 Å². The molecular weight excluding hydrogens is 438 g/mol. The first kappa shape index (κ1) is 22.9. The van der Waals surface area contributed by atoms with E-state index in [2.05, 4.69) is 4.98 Å². The van der Waals surface area contributed by atoms with Crippen LogP contribution in [0.5, 0.6) is 5.75 Å². The van der Waals surface area contributed by atoms with Crippen molar-refractivity contribution in [1.82, 2.24) is 13.9 Å². The lowest BCUT2D eigenvalue weighted by Gasteiger charge is -2.12. The standard InChI is InChI=1S/C21H23N3O5S2/c1-23(2)31(26,27)18-11-9-17(10-12-18)28-13-14-29-20(25)19-15-22-21(30-3)24(19)16-7-5-4-6-8-16/h4-12,15H,13-14H2,1-3H3. The zero-order valence-corrected chi connectivity index (χ0v) is 19.0. The SMILES string of the molecule is CSc1ncc(C(=O)OCCOc2ccc(S(=O)(=O)N(C)C)cc2)n1-c1ccccc1. The van der Waals surface area contributed by atoms with Gasteiger partial charge in [0.15, 0.2) is 10.9 Å². The maximum Gasteiger partial charge on any atom is 0.357 e. The highest BCUT2D eigenvalue weighted by Gasteiger charge is 2.19. The Morgan fingerprint density at radius 2 is 1.74 bits per heavy atom. The van der Waals surface area contributed by atoms with Crippen LogP contribution in [-0.4, -0.2) is 61.8 Å². The lowest BCUT2D eigenvalue weighted by atomic mass is 10.3. The van der Waals surface area contributed by atoms with Crippen LogP contribution >= 0.6 is 11.8 Å². The molecule has 0 aliphatic carbocycles. The van der Waals surface area contributed by atoms with Crippen molar-refractivity contribution in [3.05, 3.63) is 66.5 Å². The number of aromatic nitrogens is 2. The van der Waals surface area contributed by atoms with Crippen molar-refractivity contribution >= 4 is 27.8 Å². The minimum atomic E-state index is -3.49. The molecule has 8 nitrogen and oxygen atoms in total. The minimum absolute atomic E-state index is 0.0329. The van der Waals surface area contributed by atoms with E-state index in [1.54, 1.807) is 16.7 Å². The molecule has 31 heavy (non-hydrogen) atoms. The molecule has 3 aromatic rings. The van der Waals surface area contributed by atoms with E-state index in [0.29, 0.717) is 16.6 Å². The van der Waals surface area contributed by atoms with Crippen molar-refractivity contribution < 1.29 is 22.7 Å². The molecule has 2 aromatic carbocycles. The van der Waals surface area contributed by atoms with E-state index in [-0.39, 0.29) is 18.1 Å². The Bertz CT molecular complexity index is 1130. The third-order valence-electron chi connectivity index (χ3n) is 4.32. The van der Waals surface area contributed by atoms with E-state index < -0.39 is 16.0 Å². The lowest BCUT2D eigenvalue weighted by Crippen LogP contribution is -2.22. The van der Waals surface area contributed by atoms with Gasteiger partial charge >= 0.3 is 5.97 Å². The first-order valence-corrected chi connectivity index (χ1v) is 12.0. The third kappa shape index (κ3) is 5.27. The summed E-state index contributed by atoms with van der Waals surface area (Å²) in [6.07, 6.45) is 3.38. The Morgan fingerprint density at radius 3 is 2.35 bits per heavy atom. The monoisotopic (exact) mass is 461 g/mol. The predicted octanol–water partition coefficient (Wildman–Crippen LogP) is 3.08. The van der Waals surface area contributed by atoms with Gasteiger partial charge in [-0.3, -0.25) is 4.57 Å². The van der Waals surface area contributed by atoms with Gasteiger partial charge in [-0.2, -0.15) is 0 Å². The molecule has 3 rings (SSSR count). The van der Waals surface area contributed by atoms with Crippen LogP contribution in [0.4, 0.5) is 0 Å². The number of rotatable bonds is 9. The summed E-state index contributed by atoms with van der Waals surface area (Å²) in [4.78, 5) is 17.0. The number of ether oxygens (including phenoxy) is 2. The second kappa shape index (κ2) is 9.99. The Hall–Kier alpha value is -2.82. The van der Waals surface area contributed by atoms with Crippen molar-refractivity contribution in [2.45, 2.75) is 10.1 Å². The lowest BCUT2D eigenvalue weighted by molar-refractivity contribution is 0.0440. The van der Waals surface area contributed by atoms with Gasteiger partial charge < -0.3 is 9.47 Å². The van der Waals surface area contributed by atoms with Gasteiger partial charge in [0, 0.05) is 19.8 Å². The molecule has 0 atom stereocenters. The quantitative estimate of drug-likeness (QED) is 0.275. The summed E-state index contributed by atoms with van der Waals surface area (Å²) in [6.45, 7) is 0.158. The van der Waals surface area contributed by atoms with Crippen LogP contribution in [0.25, 0.3) is 5.69 Å². The number of sulfonamides is 1. The van der Waals surface area contributed by atoms with Gasteiger partial charge in [-0.1, -0.05) is 30.0 Å². The number of benzene rings is 2. The molecule has 0 saturated carbocycles. The summed E-state index contributed by atoms with van der Waals surface area (Å²) in [7, 11) is -0.545. The van der Waals surface area contributed by atoms with Gasteiger partial charge in [-0.25, -0.2) is 22.5 Å². The Balaban J connectivity index is 1.59. The Kier molecular flexibility index (Phi) is 7.37. The molecule has 164 valence electrons. The molecular formula is C21H23N3O5S2. The molecule has 0 saturated heterocycles. The summed E-state index contributed by atoms with van der Waals surface area (Å²) >= 11 is 1.43. The normalized spacial score (nSPS) is 11.5. The molecule has 0 amide bonds. The fourth-order valence-corrected chi connectivity index (χ4v) is 4.18. The highest BCUT2D eigenvalue weighted by molar-refractivity contribution is 7.98. The molecule has 0 aliphatic heterocycles. The van der Waals surface area contributed by atoms with Crippen molar-refractivity contribution in [3.63, 3.8) is 0 Å². The average Bonchev–Trinajstić information content (AvgIpc) is 3.21. The van der Waals surface area contributed by atoms with Gasteiger partial charge in [-0.15, -0.1) is 0 Å². The molecule has 0 N–H and O–H groups in total. The second-order valence-corrected chi connectivity index (χ2v) is 9.47. The molecule has 10 heteroatoms. The number of hydrogen-bond donors (Lipinski definition) is 0. The van der Waals surface area contributed by atoms with E-state index in [0.717, 1.165) is 9.99 Å². The number of para-hydroxylation sites is 1. The van der Waals surface area contributed by atoms with Crippen LogP contribution in [0.2, 0.25) is 0 Å². The first-order valence-electron chi connectivity index (χ1n) is 9.34. The Morgan fingerprint density at radius 1 is 1.06 bits per heavy atom. The maximum absolute atomic E-state index is 12.6. The van der Waals surface area contributed by atoms with Crippen LogP contribution in [0.1, 0.15) is 10.5 Å². The predicted molar refractivity (Wildman–Crippen MR) is 118 cm³/mol. The van der Waals surface area contributed by atoms with E-state index in [1.807, 2.05) is 36.6 Å². The molecule has 1 heterocycles. The van der Waals surface area contributed by atoms with Crippen LogP contribution in [-0.2, 0) is 14.8 Å². The average molecular weight is 462 g/mol. The van der Waals surface area contributed by atoms with E-state index >= 15 is 0 Å². The number of imidazole rings is 1. The summed E-state index contributed by atoms with van der Waals surface area (Å²) in [5, 5.41) is 0.683. The van der Waals surface area contributed by atoms with Crippen molar-refractivity contribution in [2.75, 3.05) is 33.6 Å². The Labute approximate surface area is 185 Å². The van der Waals surface area contributed by atoms with E-state index in [9.17, 15) is 13.2 Å². The van der Waals surface area contributed by atoms with Crippen LogP contribution in [0.3, 0.4) is 0 Å². The first-order chi connectivity index (χ1) is 14.8. The van der Waals surface area contributed by atoms with Crippen LogP contribution < -0.4 is 4.74 Å². The topological polar surface area (TPSA) is 90.7 Å². The van der Waals surface area contributed by atoms with Gasteiger partial charge in [0.05, 0.1) is 11.1 Å². The maximum atomic E-state index is 12.6. The number of carbonyl (C=O) groups is 1. The third-order valence-corrected chi connectivity index (χ3v) is 6.81. The number of thioether (sulfide) groups is 1. The van der Waals surface area contributed by atoms with E-state index in [4.69, 9.17) is 9.47 Å². The van der Waals surface area contributed by atoms with Gasteiger partial charge in [0.1, 0.15) is 19.0 Å². The summed E-state index contributed by atoms with van der Waals surface area (Å²) < 4.78 is 38.0. The number of carbonyl (C=O) groups excluding carboxylic acids is 1. The largest absolute Gasteiger partial charge is 0.490 e. The zero-order valence-electron chi connectivity index (χ0n) is 17.4. The van der Waals surface area contributed by atoms with Crippen molar-refractivity contribution in [1.29, 1.82) is 0 Å². The van der Waals surface area contributed by atoms with E-state index in [1.165, 1.54) is 44.2 Å². The molecule has 0 spiro atoms.